The van der Waals surface area contributed by atoms with Gasteiger partial charge in [0.25, 0.3) is 0 Å². The molecule has 1 aromatic carbocycles. The number of nitrogens with one attached hydrogen (secondary N) is 1. The SMILES string of the molecule is N=C(N)c1ccc(OCc2ccc3c(c2)OCO3)nc1. The number of amidine groups is 1. The lowest BCUT2D eigenvalue weighted by molar-refractivity contribution is 0.174. The van der Waals surface area contributed by atoms with Crippen LogP contribution in [0.4, 0.5) is 0 Å². The van der Waals surface area contributed by atoms with Crippen LogP contribution in [0, 0.1) is 5.41 Å². The van der Waals surface area contributed by atoms with Crippen molar-refractivity contribution in [3.63, 3.8) is 0 Å². The molecule has 0 unspecified atom stereocenters. The third-order valence-corrected chi connectivity index (χ3v) is 2.87. The Morgan fingerprint density at radius 1 is 1.25 bits per heavy atom. The quantitative estimate of drug-likeness (QED) is 0.652. The van der Waals surface area contributed by atoms with Crippen LogP contribution in [0.2, 0.25) is 0 Å². The molecule has 0 amide bonds. The van der Waals surface area contributed by atoms with Crippen LogP contribution in [0.1, 0.15) is 11.1 Å². The van der Waals surface area contributed by atoms with Crippen LogP contribution in [-0.4, -0.2) is 17.6 Å². The summed E-state index contributed by atoms with van der Waals surface area (Å²) in [7, 11) is 0. The van der Waals surface area contributed by atoms with Gasteiger partial charge < -0.3 is 19.9 Å². The number of hydrogen-bond acceptors (Lipinski definition) is 5. The van der Waals surface area contributed by atoms with Crippen LogP contribution >= 0.6 is 0 Å². The third kappa shape index (κ3) is 2.49. The first-order chi connectivity index (χ1) is 9.72. The fourth-order valence-corrected chi connectivity index (χ4v) is 1.81. The number of pyridine rings is 1. The van der Waals surface area contributed by atoms with E-state index in [0.29, 0.717) is 18.1 Å². The number of fused-ring (bicyclic) bond motifs is 1. The van der Waals surface area contributed by atoms with Crippen LogP contribution in [0.15, 0.2) is 36.5 Å². The zero-order valence-electron chi connectivity index (χ0n) is 10.6. The first kappa shape index (κ1) is 12.3. The Balaban J connectivity index is 1.65. The summed E-state index contributed by atoms with van der Waals surface area (Å²) < 4.78 is 16.1. The molecule has 0 saturated carbocycles. The molecule has 0 spiro atoms. The average molecular weight is 271 g/mol. The van der Waals surface area contributed by atoms with Crippen LogP contribution in [-0.2, 0) is 6.61 Å². The van der Waals surface area contributed by atoms with E-state index in [-0.39, 0.29) is 12.6 Å². The van der Waals surface area contributed by atoms with Crippen molar-refractivity contribution in [3.05, 3.63) is 47.7 Å². The molecule has 0 bridgehead atoms. The van der Waals surface area contributed by atoms with Gasteiger partial charge in [0.05, 0.1) is 0 Å². The number of ether oxygens (including phenoxy) is 3. The van der Waals surface area contributed by atoms with E-state index in [0.717, 1.165) is 17.1 Å². The number of hydrogen-bond donors (Lipinski definition) is 2. The van der Waals surface area contributed by atoms with E-state index in [1.165, 1.54) is 6.20 Å². The molecule has 3 rings (SSSR count). The molecule has 3 N–H and O–H groups in total. The molecular formula is C14H13N3O3. The minimum absolute atomic E-state index is 0.0141. The normalized spacial score (nSPS) is 12.2. The van der Waals surface area contributed by atoms with Crippen LogP contribution in [0.5, 0.6) is 17.4 Å². The fourth-order valence-electron chi connectivity index (χ4n) is 1.81. The summed E-state index contributed by atoms with van der Waals surface area (Å²) in [5.74, 6) is 1.94. The first-order valence-corrected chi connectivity index (χ1v) is 6.04. The largest absolute Gasteiger partial charge is 0.473 e. The molecule has 102 valence electrons. The molecule has 0 fully saturated rings. The van der Waals surface area contributed by atoms with E-state index in [9.17, 15) is 0 Å². The summed E-state index contributed by atoms with van der Waals surface area (Å²) >= 11 is 0. The molecule has 1 aliphatic rings. The highest BCUT2D eigenvalue weighted by molar-refractivity contribution is 5.94. The van der Waals surface area contributed by atoms with E-state index < -0.39 is 0 Å². The van der Waals surface area contributed by atoms with Gasteiger partial charge in [0.1, 0.15) is 12.4 Å². The second-order valence-corrected chi connectivity index (χ2v) is 4.28. The number of nitrogen functional groups attached to an aromatic ring is 1. The summed E-state index contributed by atoms with van der Waals surface area (Å²) in [6, 6.07) is 9.03. The Kier molecular flexibility index (Phi) is 3.12. The lowest BCUT2D eigenvalue weighted by Crippen LogP contribution is -2.11. The zero-order valence-corrected chi connectivity index (χ0v) is 10.6. The maximum atomic E-state index is 7.28. The average Bonchev–Trinajstić information content (AvgIpc) is 2.93. The van der Waals surface area contributed by atoms with Crippen molar-refractivity contribution >= 4 is 5.84 Å². The highest BCUT2D eigenvalue weighted by Crippen LogP contribution is 2.32. The van der Waals surface area contributed by atoms with Gasteiger partial charge in [-0.05, 0) is 23.8 Å². The van der Waals surface area contributed by atoms with Gasteiger partial charge in [-0.2, -0.15) is 0 Å². The molecule has 0 radical (unpaired) electrons. The van der Waals surface area contributed by atoms with Crippen molar-refractivity contribution < 1.29 is 14.2 Å². The zero-order chi connectivity index (χ0) is 13.9. The molecule has 1 aliphatic heterocycles. The first-order valence-electron chi connectivity index (χ1n) is 6.04. The monoisotopic (exact) mass is 271 g/mol. The van der Waals surface area contributed by atoms with Gasteiger partial charge in [0.2, 0.25) is 12.7 Å². The van der Waals surface area contributed by atoms with Crippen LogP contribution < -0.4 is 19.9 Å². The van der Waals surface area contributed by atoms with E-state index in [4.69, 9.17) is 25.4 Å². The lowest BCUT2D eigenvalue weighted by Gasteiger charge is -2.06. The number of nitrogens with zero attached hydrogens (tertiary/aromatic N) is 1. The van der Waals surface area contributed by atoms with Crippen molar-refractivity contribution in [3.8, 4) is 17.4 Å². The third-order valence-electron chi connectivity index (χ3n) is 2.87. The lowest BCUT2D eigenvalue weighted by atomic mass is 10.2. The van der Waals surface area contributed by atoms with Gasteiger partial charge in [-0.15, -0.1) is 0 Å². The Bertz CT molecular complexity index is 641. The molecule has 1 aromatic heterocycles. The molecular weight excluding hydrogens is 258 g/mol. The molecule has 6 nitrogen and oxygen atoms in total. The van der Waals surface area contributed by atoms with Gasteiger partial charge in [-0.1, -0.05) is 6.07 Å². The maximum Gasteiger partial charge on any atom is 0.231 e. The van der Waals surface area contributed by atoms with Crippen molar-refractivity contribution in [2.24, 2.45) is 5.73 Å². The second kappa shape index (κ2) is 5.08. The molecule has 0 atom stereocenters. The van der Waals surface area contributed by atoms with Gasteiger partial charge >= 0.3 is 0 Å². The van der Waals surface area contributed by atoms with Gasteiger partial charge in [0, 0.05) is 17.8 Å². The minimum atomic E-state index is -0.0141. The highest BCUT2D eigenvalue weighted by Gasteiger charge is 2.13. The van der Waals surface area contributed by atoms with Crippen LogP contribution in [0.3, 0.4) is 0 Å². The summed E-state index contributed by atoms with van der Waals surface area (Å²) in [6.07, 6.45) is 1.51. The Morgan fingerprint density at radius 3 is 2.85 bits per heavy atom. The summed E-state index contributed by atoms with van der Waals surface area (Å²) in [6.45, 7) is 0.636. The van der Waals surface area contributed by atoms with Crippen molar-refractivity contribution in [2.45, 2.75) is 6.61 Å². The summed E-state index contributed by atoms with van der Waals surface area (Å²) in [4.78, 5) is 4.09. The van der Waals surface area contributed by atoms with E-state index in [1.54, 1.807) is 12.1 Å². The molecule has 20 heavy (non-hydrogen) atoms. The predicted molar refractivity (Wildman–Crippen MR) is 72.2 cm³/mol. The highest BCUT2D eigenvalue weighted by atomic mass is 16.7. The standard InChI is InChI=1S/C14H13N3O3/c15-14(16)10-2-4-13(17-6-10)18-7-9-1-3-11-12(5-9)20-8-19-11/h1-6H,7-8H2,(H3,15,16). The molecule has 0 saturated heterocycles. The number of rotatable bonds is 4. The second-order valence-electron chi connectivity index (χ2n) is 4.28. The van der Waals surface area contributed by atoms with Crippen molar-refractivity contribution in [1.29, 1.82) is 5.41 Å². The molecule has 0 aliphatic carbocycles. The Morgan fingerprint density at radius 2 is 2.10 bits per heavy atom. The molecule has 6 heteroatoms. The van der Waals surface area contributed by atoms with Crippen molar-refractivity contribution in [2.75, 3.05) is 6.79 Å². The molecule has 2 heterocycles. The summed E-state index contributed by atoms with van der Waals surface area (Å²) in [5, 5.41) is 7.28. The number of benzene rings is 1. The van der Waals surface area contributed by atoms with Gasteiger partial charge in [-0.3, -0.25) is 5.41 Å². The minimum Gasteiger partial charge on any atom is -0.473 e. The smallest absolute Gasteiger partial charge is 0.231 e. The van der Waals surface area contributed by atoms with E-state index >= 15 is 0 Å². The maximum absolute atomic E-state index is 7.28. The van der Waals surface area contributed by atoms with E-state index in [2.05, 4.69) is 4.98 Å². The Labute approximate surface area is 115 Å². The van der Waals surface area contributed by atoms with Gasteiger partial charge in [-0.25, -0.2) is 4.98 Å². The number of aromatic nitrogens is 1. The molecule has 2 aromatic rings. The Hall–Kier alpha value is -2.76. The van der Waals surface area contributed by atoms with Crippen LogP contribution in [0.25, 0.3) is 0 Å². The fraction of sp³-hybridized carbons (Fsp3) is 0.143. The predicted octanol–water partition coefficient (Wildman–Crippen LogP) is 1.67. The van der Waals surface area contributed by atoms with Gasteiger partial charge in [0.15, 0.2) is 11.5 Å². The van der Waals surface area contributed by atoms with E-state index in [1.807, 2.05) is 18.2 Å². The topological polar surface area (TPSA) is 90.5 Å². The van der Waals surface area contributed by atoms with Crippen molar-refractivity contribution in [1.82, 2.24) is 4.98 Å². The number of nitrogens with two attached hydrogens (primary N) is 1. The summed E-state index contributed by atoms with van der Waals surface area (Å²) in [5.41, 5.74) is 6.89.